The molecule has 4 heteroatoms. The van der Waals surface area contributed by atoms with Gasteiger partial charge in [0.15, 0.2) is 0 Å². The molecule has 2 rings (SSSR count). The zero-order chi connectivity index (χ0) is 14.8. The summed E-state index contributed by atoms with van der Waals surface area (Å²) in [6, 6.07) is 9.26. The fraction of sp³-hybridized carbons (Fsp3) is 0.375. The quantitative estimate of drug-likeness (QED) is 0.852. The Balaban J connectivity index is 2.43. The van der Waals surface area contributed by atoms with Crippen molar-refractivity contribution < 1.29 is 4.79 Å². The Morgan fingerprint density at radius 1 is 1.45 bits per heavy atom. The molecule has 0 fully saturated rings. The van der Waals surface area contributed by atoms with Crippen molar-refractivity contribution >= 4 is 11.9 Å². The van der Waals surface area contributed by atoms with E-state index in [1.807, 2.05) is 44.2 Å². The van der Waals surface area contributed by atoms with Crippen LogP contribution in [-0.2, 0) is 6.42 Å². The molecule has 2 amide bonds. The van der Waals surface area contributed by atoms with Gasteiger partial charge in [-0.2, -0.15) is 4.99 Å². The van der Waals surface area contributed by atoms with Crippen molar-refractivity contribution in [3.05, 3.63) is 35.9 Å². The number of amides is 2. The molecule has 0 radical (unpaired) electrons. The average molecular weight is 269 g/mol. The van der Waals surface area contributed by atoms with Gasteiger partial charge < -0.3 is 5.73 Å². The molecule has 2 N–H and O–H groups in total. The molecular weight excluding hydrogens is 250 g/mol. The van der Waals surface area contributed by atoms with Crippen LogP contribution in [0.4, 0.5) is 4.79 Å². The minimum atomic E-state index is -0.621. The van der Waals surface area contributed by atoms with Crippen molar-refractivity contribution in [3.8, 4) is 12.3 Å². The number of urea groups is 1. The van der Waals surface area contributed by atoms with Crippen LogP contribution in [0.25, 0.3) is 0 Å². The van der Waals surface area contributed by atoms with E-state index in [-0.39, 0.29) is 12.1 Å². The van der Waals surface area contributed by atoms with Gasteiger partial charge in [0.2, 0.25) is 0 Å². The number of nitrogens with zero attached hydrogens (tertiary/aromatic N) is 2. The SMILES string of the molecule is C#CC(C)N1C(=O)N=C(N)C1(CC)Cc1ccccc1. The lowest BCUT2D eigenvalue weighted by Crippen LogP contribution is -2.58. The van der Waals surface area contributed by atoms with E-state index in [0.29, 0.717) is 18.7 Å². The molecule has 1 heterocycles. The van der Waals surface area contributed by atoms with E-state index >= 15 is 0 Å². The minimum absolute atomic E-state index is 0.337. The Bertz CT molecular complexity index is 573. The van der Waals surface area contributed by atoms with Crippen molar-refractivity contribution in [3.63, 3.8) is 0 Å². The summed E-state index contributed by atoms with van der Waals surface area (Å²) in [4.78, 5) is 17.7. The molecule has 2 unspecified atom stereocenters. The highest BCUT2D eigenvalue weighted by Gasteiger charge is 2.48. The highest BCUT2D eigenvalue weighted by molar-refractivity contribution is 6.06. The second-order valence-corrected chi connectivity index (χ2v) is 5.04. The van der Waals surface area contributed by atoms with Gasteiger partial charge in [-0.25, -0.2) is 4.79 Å². The monoisotopic (exact) mass is 269 g/mol. The van der Waals surface area contributed by atoms with Gasteiger partial charge in [0.05, 0.1) is 6.04 Å². The first kappa shape index (κ1) is 14.1. The largest absolute Gasteiger partial charge is 0.385 e. The second kappa shape index (κ2) is 5.38. The molecule has 1 aliphatic heterocycles. The second-order valence-electron chi connectivity index (χ2n) is 5.04. The van der Waals surface area contributed by atoms with Crippen LogP contribution in [-0.4, -0.2) is 28.3 Å². The Morgan fingerprint density at radius 2 is 2.10 bits per heavy atom. The van der Waals surface area contributed by atoms with Crippen molar-refractivity contribution in [2.45, 2.75) is 38.3 Å². The Labute approximate surface area is 119 Å². The van der Waals surface area contributed by atoms with Gasteiger partial charge >= 0.3 is 6.03 Å². The van der Waals surface area contributed by atoms with Gasteiger partial charge in [-0.3, -0.25) is 4.90 Å². The van der Waals surface area contributed by atoms with Crippen LogP contribution in [0.5, 0.6) is 0 Å². The summed E-state index contributed by atoms with van der Waals surface area (Å²) >= 11 is 0. The number of nitrogens with two attached hydrogens (primary N) is 1. The Kier molecular flexibility index (Phi) is 3.80. The number of terminal acetylenes is 1. The molecule has 1 aromatic rings. The average Bonchev–Trinajstić information content (AvgIpc) is 2.70. The summed E-state index contributed by atoms with van der Waals surface area (Å²) in [7, 11) is 0. The summed E-state index contributed by atoms with van der Waals surface area (Å²) in [5, 5.41) is 0. The van der Waals surface area contributed by atoms with E-state index < -0.39 is 5.54 Å². The van der Waals surface area contributed by atoms with E-state index in [9.17, 15) is 4.79 Å². The minimum Gasteiger partial charge on any atom is -0.385 e. The molecule has 20 heavy (non-hydrogen) atoms. The molecule has 0 aromatic heterocycles. The third-order valence-electron chi connectivity index (χ3n) is 3.91. The smallest absolute Gasteiger partial charge is 0.347 e. The van der Waals surface area contributed by atoms with Gasteiger partial charge in [0.25, 0.3) is 0 Å². The fourth-order valence-electron chi connectivity index (χ4n) is 2.76. The molecule has 4 nitrogen and oxygen atoms in total. The lowest BCUT2D eigenvalue weighted by molar-refractivity contribution is 0.155. The third kappa shape index (κ3) is 2.16. The molecule has 0 saturated carbocycles. The highest BCUT2D eigenvalue weighted by atomic mass is 16.2. The maximum Gasteiger partial charge on any atom is 0.347 e. The van der Waals surface area contributed by atoms with Crippen LogP contribution < -0.4 is 5.73 Å². The number of benzene rings is 1. The van der Waals surface area contributed by atoms with Crippen LogP contribution in [0.2, 0.25) is 0 Å². The number of carbonyl (C=O) groups is 1. The summed E-state index contributed by atoms with van der Waals surface area (Å²) in [5.41, 5.74) is 6.55. The van der Waals surface area contributed by atoms with Gasteiger partial charge in [0, 0.05) is 6.42 Å². The van der Waals surface area contributed by atoms with Crippen molar-refractivity contribution in [1.82, 2.24) is 4.90 Å². The number of amidine groups is 1. The number of aliphatic imine (C=N–C) groups is 1. The fourth-order valence-corrected chi connectivity index (χ4v) is 2.76. The first-order valence-electron chi connectivity index (χ1n) is 6.73. The highest BCUT2D eigenvalue weighted by Crippen LogP contribution is 2.32. The zero-order valence-electron chi connectivity index (χ0n) is 11.8. The van der Waals surface area contributed by atoms with Crippen molar-refractivity contribution in [1.29, 1.82) is 0 Å². The topological polar surface area (TPSA) is 58.7 Å². The lowest BCUT2D eigenvalue weighted by atomic mass is 9.85. The van der Waals surface area contributed by atoms with Crippen LogP contribution in [0.3, 0.4) is 0 Å². The van der Waals surface area contributed by atoms with E-state index in [2.05, 4.69) is 10.9 Å². The van der Waals surface area contributed by atoms with Crippen molar-refractivity contribution in [2.75, 3.05) is 0 Å². The molecule has 0 aliphatic carbocycles. The van der Waals surface area contributed by atoms with E-state index in [1.165, 1.54) is 0 Å². The van der Waals surface area contributed by atoms with Crippen LogP contribution in [0.15, 0.2) is 35.3 Å². The predicted molar refractivity (Wildman–Crippen MR) is 80.3 cm³/mol. The molecular formula is C16H19N3O. The molecule has 104 valence electrons. The zero-order valence-corrected chi connectivity index (χ0v) is 11.8. The maximum absolute atomic E-state index is 12.1. The summed E-state index contributed by atoms with van der Waals surface area (Å²) in [6.45, 7) is 3.82. The third-order valence-corrected chi connectivity index (χ3v) is 3.91. The van der Waals surface area contributed by atoms with E-state index in [4.69, 9.17) is 12.2 Å². The lowest BCUT2D eigenvalue weighted by Gasteiger charge is -2.39. The normalized spacial score (nSPS) is 23.4. The van der Waals surface area contributed by atoms with Crippen LogP contribution >= 0.6 is 0 Å². The standard InChI is InChI=1S/C16H19N3O/c1-4-12(3)19-15(20)18-14(17)16(19,5-2)11-13-9-7-6-8-10-13/h1,6-10,12H,5,11H2,2-3H3,(H2,17,18,20). The molecule has 1 aromatic carbocycles. The van der Waals surface area contributed by atoms with Gasteiger partial charge in [0.1, 0.15) is 11.4 Å². The molecule has 0 spiro atoms. The summed E-state index contributed by atoms with van der Waals surface area (Å²) < 4.78 is 0. The summed E-state index contributed by atoms with van der Waals surface area (Å²) in [5.74, 6) is 2.97. The predicted octanol–water partition coefficient (Wildman–Crippen LogP) is 2.19. The van der Waals surface area contributed by atoms with Crippen molar-refractivity contribution in [2.24, 2.45) is 10.7 Å². The van der Waals surface area contributed by atoms with E-state index in [0.717, 1.165) is 5.56 Å². The van der Waals surface area contributed by atoms with E-state index in [1.54, 1.807) is 4.90 Å². The molecule has 0 saturated heterocycles. The molecule has 1 aliphatic rings. The first-order chi connectivity index (χ1) is 9.55. The Morgan fingerprint density at radius 3 is 2.65 bits per heavy atom. The van der Waals surface area contributed by atoms with Crippen LogP contribution in [0, 0.1) is 12.3 Å². The Hall–Kier alpha value is -2.28. The maximum atomic E-state index is 12.1. The number of rotatable bonds is 4. The number of carbonyl (C=O) groups excluding carboxylic acids is 1. The van der Waals surface area contributed by atoms with Gasteiger partial charge in [-0.15, -0.1) is 6.42 Å². The molecule has 2 atom stereocenters. The summed E-state index contributed by atoms with van der Waals surface area (Å²) in [6.07, 6.45) is 6.79. The molecule has 0 bridgehead atoms. The first-order valence-corrected chi connectivity index (χ1v) is 6.73. The van der Waals surface area contributed by atoms with Gasteiger partial charge in [-0.1, -0.05) is 43.2 Å². The van der Waals surface area contributed by atoms with Crippen LogP contribution in [0.1, 0.15) is 25.8 Å². The number of hydrogen-bond donors (Lipinski definition) is 1. The number of hydrogen-bond acceptors (Lipinski definition) is 2. The van der Waals surface area contributed by atoms with Gasteiger partial charge in [-0.05, 0) is 18.9 Å².